The zero-order chi connectivity index (χ0) is 59.8. The second-order valence-corrected chi connectivity index (χ2v) is 23.8. The number of nitrogens with one attached hydrogen (secondary N) is 6. The molecule has 84 heavy (non-hydrogen) atoms. The minimum absolute atomic E-state index is 0.00105. The molecule has 6 N–H and O–H groups in total. The van der Waals surface area contributed by atoms with E-state index in [9.17, 15) is 52.7 Å². The van der Waals surface area contributed by atoms with Crippen molar-refractivity contribution >= 4 is 75.6 Å². The van der Waals surface area contributed by atoms with Gasteiger partial charge in [-0.25, -0.2) is 9.97 Å². The number of imide groups is 2. The molecule has 0 radical (unpaired) electrons. The van der Waals surface area contributed by atoms with E-state index in [2.05, 4.69) is 41.9 Å². The van der Waals surface area contributed by atoms with Gasteiger partial charge in [0, 0.05) is 36.5 Å². The molecule has 6 aliphatic rings. The Hall–Kier alpha value is -7.73. The van der Waals surface area contributed by atoms with Gasteiger partial charge < -0.3 is 45.7 Å². The molecule has 2 saturated heterocycles. The molecule has 10 amide bonds. The lowest BCUT2D eigenvalue weighted by Crippen LogP contribution is -2.62. The number of amides is 10. The van der Waals surface area contributed by atoms with Crippen molar-refractivity contribution in [3.63, 3.8) is 0 Å². The van der Waals surface area contributed by atoms with Crippen LogP contribution in [0.15, 0.2) is 42.7 Å². The molecule has 9 rings (SSSR count). The summed E-state index contributed by atoms with van der Waals surface area (Å²) < 4.78 is 17.2. The van der Waals surface area contributed by atoms with Crippen LogP contribution in [0.1, 0.15) is 159 Å². The second-order valence-electron chi connectivity index (χ2n) is 23.8. The highest BCUT2D eigenvalue weighted by Gasteiger charge is 2.53. The standard InChI is InChI=1S/C60H76N10O14/c1-5-11-41(49(72)56(78)64-36-18-19-36)65-55(77)48-38-16-10-15-35(38)32-69(48)59(81)50(60(2,3)4)68-54(76)47(33-12-7-6-8-13-33)67-52(74)43-31-62-42(30-63-43)51(73)61-22-23-82-24-25-83-26-27-84-37-28-34-14-9-17-39-46(34)40(29-37)58(80)70(57(39)79)44-20-21-45(71)66-53(44)75/h9,14,17,28-31,33,35-36,38,41,44,47-48,50H,5-8,10-13,15-16,18-27,32H2,1-4H3,(H,61,73)(H,64,78)(H,65,77)(H,67,74)(H,68,76)(H,66,71,75). The molecule has 0 bridgehead atoms. The number of carbonyl (C=O) groups is 11. The van der Waals surface area contributed by atoms with Crippen molar-refractivity contribution < 1.29 is 67.0 Å². The first-order valence-electron chi connectivity index (χ1n) is 29.6. The van der Waals surface area contributed by atoms with E-state index in [4.69, 9.17) is 14.2 Å². The molecular formula is C60H76N10O14. The molecule has 24 nitrogen and oxygen atoms in total. The van der Waals surface area contributed by atoms with Crippen molar-refractivity contribution in [1.82, 2.24) is 51.7 Å². The number of ether oxygens (including phenoxy) is 3. The highest BCUT2D eigenvalue weighted by atomic mass is 16.5. The fourth-order valence-corrected chi connectivity index (χ4v) is 12.3. The number of benzene rings is 2. The van der Waals surface area contributed by atoms with E-state index in [0.717, 1.165) is 62.2 Å². The summed E-state index contributed by atoms with van der Waals surface area (Å²) in [6, 6.07) is 2.99. The molecule has 3 aliphatic heterocycles. The van der Waals surface area contributed by atoms with Crippen LogP contribution in [0.2, 0.25) is 0 Å². The largest absolute Gasteiger partial charge is 0.491 e. The number of nitrogens with zero attached hydrogens (tertiary/aromatic N) is 4. The quantitative estimate of drug-likeness (QED) is 0.0404. The van der Waals surface area contributed by atoms with Gasteiger partial charge in [-0.1, -0.05) is 71.9 Å². The van der Waals surface area contributed by atoms with Crippen molar-refractivity contribution in [2.24, 2.45) is 23.2 Å². The molecule has 5 fully saturated rings. The summed E-state index contributed by atoms with van der Waals surface area (Å²) >= 11 is 0. The van der Waals surface area contributed by atoms with Crippen LogP contribution >= 0.6 is 0 Å². The van der Waals surface area contributed by atoms with Crippen molar-refractivity contribution in [3.05, 3.63) is 65.2 Å². The molecule has 3 aromatic rings. The molecule has 3 saturated carbocycles. The average molecular weight is 1160 g/mol. The lowest BCUT2D eigenvalue weighted by molar-refractivity contribution is -0.146. The van der Waals surface area contributed by atoms with Gasteiger partial charge in [0.1, 0.15) is 47.9 Å². The van der Waals surface area contributed by atoms with Gasteiger partial charge in [-0.05, 0) is 98.1 Å². The zero-order valence-electron chi connectivity index (χ0n) is 48.1. The number of carbonyl (C=O) groups excluding carboxylic acids is 11. The van der Waals surface area contributed by atoms with Gasteiger partial charge in [0.15, 0.2) is 0 Å². The number of Topliss-reactive ketones (excluding diaryl/α,β-unsaturated/α-hetero) is 1. The fraction of sp³-hybridized carbons (Fsp3) is 0.583. The Labute approximate surface area is 486 Å². The number of fused-ring (bicyclic) bond motifs is 1. The molecule has 1 aromatic heterocycles. The third kappa shape index (κ3) is 14.1. The lowest BCUT2D eigenvalue weighted by Gasteiger charge is -2.38. The monoisotopic (exact) mass is 1160 g/mol. The number of rotatable bonds is 25. The average Bonchev–Trinajstić information content (AvgIpc) is 1.01. The predicted octanol–water partition coefficient (Wildman–Crippen LogP) is 2.84. The van der Waals surface area contributed by atoms with Gasteiger partial charge in [0.2, 0.25) is 35.3 Å². The summed E-state index contributed by atoms with van der Waals surface area (Å²) in [6.07, 6.45) is 11.1. The molecule has 7 unspecified atom stereocenters. The van der Waals surface area contributed by atoms with Gasteiger partial charge >= 0.3 is 0 Å². The van der Waals surface area contributed by atoms with Crippen LogP contribution in [-0.4, -0.2) is 167 Å². The third-order valence-electron chi connectivity index (χ3n) is 16.8. The molecule has 450 valence electrons. The van der Waals surface area contributed by atoms with Crippen LogP contribution in [0.5, 0.6) is 5.75 Å². The van der Waals surface area contributed by atoms with Gasteiger partial charge in [-0.3, -0.25) is 63.0 Å². The minimum atomic E-state index is -1.12. The Balaban J connectivity index is 0.731. The number of ketones is 1. The minimum Gasteiger partial charge on any atom is -0.491 e. The SMILES string of the molecule is CCCC(NC(=O)C1C2CCCC2CN1C(=O)C(NC(=O)C(NC(=O)c1cnc(C(=O)NCCOCCOCCOc2cc3c4c(cccc4c2)C(=O)N(C2CCC(=O)NC2=O)C3=O)cn1)C1CCCCC1)C(C)(C)C)C(=O)C(=O)NC1CC1. The summed E-state index contributed by atoms with van der Waals surface area (Å²) in [5, 5.41) is 17.4. The van der Waals surface area contributed by atoms with Crippen LogP contribution in [0.25, 0.3) is 10.8 Å². The van der Waals surface area contributed by atoms with Gasteiger partial charge in [0.05, 0.1) is 50.4 Å². The molecule has 0 spiro atoms. The van der Waals surface area contributed by atoms with Gasteiger partial charge in [0.25, 0.3) is 29.5 Å². The Morgan fingerprint density at radius 1 is 0.762 bits per heavy atom. The maximum absolute atomic E-state index is 14.9. The molecule has 4 heterocycles. The molecule has 24 heteroatoms. The van der Waals surface area contributed by atoms with Crippen LogP contribution in [0, 0.1) is 23.2 Å². The summed E-state index contributed by atoms with van der Waals surface area (Å²) in [5.41, 5.74) is -0.568. The van der Waals surface area contributed by atoms with E-state index >= 15 is 0 Å². The zero-order valence-corrected chi connectivity index (χ0v) is 48.1. The van der Waals surface area contributed by atoms with Crippen molar-refractivity contribution in [2.75, 3.05) is 46.1 Å². The van der Waals surface area contributed by atoms with Crippen LogP contribution in [0.3, 0.4) is 0 Å². The van der Waals surface area contributed by atoms with Gasteiger partial charge in [-0.2, -0.15) is 0 Å². The number of hydrogen-bond donors (Lipinski definition) is 6. The maximum atomic E-state index is 14.9. The smallest absolute Gasteiger partial charge is 0.289 e. The maximum Gasteiger partial charge on any atom is 0.289 e. The van der Waals surface area contributed by atoms with E-state index in [-0.39, 0.29) is 105 Å². The van der Waals surface area contributed by atoms with Crippen LogP contribution in [0.4, 0.5) is 0 Å². The first-order chi connectivity index (χ1) is 40.3. The Morgan fingerprint density at radius 2 is 1.46 bits per heavy atom. The normalized spacial score (nSPS) is 21.7. The van der Waals surface area contributed by atoms with E-state index in [1.54, 1.807) is 29.2 Å². The summed E-state index contributed by atoms with van der Waals surface area (Å²) in [5.74, 6) is -6.64. The Kier molecular flexibility index (Phi) is 19.5. The predicted molar refractivity (Wildman–Crippen MR) is 301 cm³/mol. The number of aromatic nitrogens is 2. The Morgan fingerprint density at radius 3 is 2.15 bits per heavy atom. The van der Waals surface area contributed by atoms with Crippen LogP contribution in [-0.2, 0) is 43.0 Å². The number of piperidine rings is 1. The third-order valence-corrected chi connectivity index (χ3v) is 16.8. The first kappa shape index (κ1) is 60.8. The summed E-state index contributed by atoms with van der Waals surface area (Å²) in [4.78, 5) is 159. The molecule has 3 aliphatic carbocycles. The van der Waals surface area contributed by atoms with E-state index in [0.29, 0.717) is 48.8 Å². The topological polar surface area (TPSA) is 320 Å². The lowest BCUT2D eigenvalue weighted by atomic mass is 9.82. The second kappa shape index (κ2) is 26.9. The highest BCUT2D eigenvalue weighted by molar-refractivity contribution is 6.38. The van der Waals surface area contributed by atoms with Crippen molar-refractivity contribution in [2.45, 2.75) is 154 Å². The molecule has 2 aromatic carbocycles. The van der Waals surface area contributed by atoms with Crippen LogP contribution < -0.4 is 36.6 Å². The fourth-order valence-electron chi connectivity index (χ4n) is 12.3. The number of hydrogen-bond acceptors (Lipinski definition) is 16. The summed E-state index contributed by atoms with van der Waals surface area (Å²) in [7, 11) is 0. The molecular weight excluding hydrogens is 1080 g/mol. The molecule has 7 atom stereocenters. The Bertz CT molecular complexity index is 3050. The highest BCUT2D eigenvalue weighted by Crippen LogP contribution is 2.43. The van der Waals surface area contributed by atoms with E-state index in [1.807, 2.05) is 27.7 Å². The van der Waals surface area contributed by atoms with Crippen molar-refractivity contribution in [1.29, 1.82) is 0 Å². The van der Waals surface area contributed by atoms with Gasteiger partial charge in [-0.15, -0.1) is 0 Å². The first-order valence-corrected chi connectivity index (χ1v) is 29.6. The van der Waals surface area contributed by atoms with E-state index < -0.39 is 100 Å². The summed E-state index contributed by atoms with van der Waals surface area (Å²) in [6.45, 7) is 8.56. The van der Waals surface area contributed by atoms with Crippen molar-refractivity contribution in [3.8, 4) is 5.75 Å². The van der Waals surface area contributed by atoms with E-state index in [1.165, 1.54) is 6.07 Å². The number of likely N-dealkylation sites (tertiary alicyclic amines) is 1.